The maximum atomic E-state index is 13.9. The molecule has 0 aliphatic heterocycles. The lowest BCUT2D eigenvalue weighted by atomic mass is 10.0. The van der Waals surface area contributed by atoms with Crippen molar-refractivity contribution >= 4 is 17.3 Å². The van der Waals surface area contributed by atoms with Crippen LogP contribution in [0.4, 0.5) is 4.39 Å². The predicted octanol–water partition coefficient (Wildman–Crippen LogP) is 3.28. The highest BCUT2D eigenvalue weighted by Crippen LogP contribution is 2.23. The van der Waals surface area contributed by atoms with Crippen LogP contribution in [0.3, 0.4) is 0 Å². The van der Waals surface area contributed by atoms with Crippen LogP contribution in [0, 0.1) is 5.82 Å². The maximum Gasteiger partial charge on any atom is 0.165 e. The standard InChI is InChI=1S/C16H16ClFN2O/c1-21-15-7-6-11(10-14(15)18)16(20-9-8-19)12-4-2-3-5-13(12)17/h2-7,10H,8-9,19H2,1H3. The molecule has 2 aromatic rings. The quantitative estimate of drug-likeness (QED) is 0.862. The van der Waals surface area contributed by atoms with Gasteiger partial charge in [-0.05, 0) is 24.3 Å². The Balaban J connectivity index is 2.51. The van der Waals surface area contributed by atoms with E-state index in [0.717, 1.165) is 5.56 Å². The van der Waals surface area contributed by atoms with Crippen LogP contribution < -0.4 is 10.5 Å². The van der Waals surface area contributed by atoms with Crippen LogP contribution in [-0.4, -0.2) is 25.9 Å². The molecule has 0 aromatic heterocycles. The highest BCUT2D eigenvalue weighted by atomic mass is 35.5. The molecule has 0 aliphatic rings. The summed E-state index contributed by atoms with van der Waals surface area (Å²) in [5.74, 6) is -0.251. The number of ether oxygens (including phenoxy) is 1. The van der Waals surface area contributed by atoms with Crippen molar-refractivity contribution in [3.05, 3.63) is 64.4 Å². The minimum atomic E-state index is -0.442. The van der Waals surface area contributed by atoms with Crippen molar-refractivity contribution in [2.75, 3.05) is 20.2 Å². The van der Waals surface area contributed by atoms with Gasteiger partial charge in [-0.15, -0.1) is 0 Å². The summed E-state index contributed by atoms with van der Waals surface area (Å²) >= 11 is 6.22. The largest absolute Gasteiger partial charge is 0.494 e. The van der Waals surface area contributed by atoms with Crippen LogP contribution in [0.5, 0.6) is 5.75 Å². The second-order valence-electron chi connectivity index (χ2n) is 4.35. The molecule has 0 fully saturated rings. The third-order valence-corrected chi connectivity index (χ3v) is 3.28. The number of methoxy groups -OCH3 is 1. The monoisotopic (exact) mass is 306 g/mol. The molecule has 0 spiro atoms. The Hall–Kier alpha value is -1.91. The third kappa shape index (κ3) is 3.60. The van der Waals surface area contributed by atoms with Crippen LogP contribution in [0.2, 0.25) is 5.02 Å². The topological polar surface area (TPSA) is 47.6 Å². The lowest BCUT2D eigenvalue weighted by Gasteiger charge is -2.11. The van der Waals surface area contributed by atoms with Crippen molar-refractivity contribution in [2.45, 2.75) is 0 Å². The minimum absolute atomic E-state index is 0.191. The summed E-state index contributed by atoms with van der Waals surface area (Å²) in [4.78, 5) is 4.44. The molecule has 0 aliphatic carbocycles. The summed E-state index contributed by atoms with van der Waals surface area (Å²) in [7, 11) is 1.43. The van der Waals surface area contributed by atoms with Gasteiger partial charge in [0, 0.05) is 22.7 Å². The molecule has 2 aromatic carbocycles. The van der Waals surface area contributed by atoms with E-state index in [0.29, 0.717) is 29.4 Å². The van der Waals surface area contributed by atoms with Crippen molar-refractivity contribution in [3.8, 4) is 5.75 Å². The van der Waals surface area contributed by atoms with Gasteiger partial charge in [0.25, 0.3) is 0 Å². The molecule has 110 valence electrons. The van der Waals surface area contributed by atoms with E-state index in [9.17, 15) is 4.39 Å². The number of nitrogens with zero attached hydrogens (tertiary/aromatic N) is 1. The number of rotatable bonds is 5. The average molecular weight is 307 g/mol. The van der Waals surface area contributed by atoms with E-state index >= 15 is 0 Å². The molecule has 0 bridgehead atoms. The van der Waals surface area contributed by atoms with Gasteiger partial charge in [-0.2, -0.15) is 0 Å². The molecule has 3 nitrogen and oxygen atoms in total. The van der Waals surface area contributed by atoms with Gasteiger partial charge in [0.05, 0.1) is 19.4 Å². The Bertz CT molecular complexity index is 658. The van der Waals surface area contributed by atoms with E-state index in [1.807, 2.05) is 18.2 Å². The highest BCUT2D eigenvalue weighted by Gasteiger charge is 2.13. The van der Waals surface area contributed by atoms with Crippen molar-refractivity contribution in [2.24, 2.45) is 10.7 Å². The van der Waals surface area contributed by atoms with Crippen LogP contribution >= 0.6 is 11.6 Å². The van der Waals surface area contributed by atoms with Crippen LogP contribution in [0.25, 0.3) is 0 Å². The predicted molar refractivity (Wildman–Crippen MR) is 84.0 cm³/mol. The molecular formula is C16H16ClFN2O. The van der Waals surface area contributed by atoms with Crippen LogP contribution in [-0.2, 0) is 0 Å². The zero-order valence-electron chi connectivity index (χ0n) is 11.6. The van der Waals surface area contributed by atoms with E-state index in [-0.39, 0.29) is 5.75 Å². The molecule has 0 radical (unpaired) electrons. The molecule has 0 saturated carbocycles. The number of halogens is 2. The molecule has 2 N–H and O–H groups in total. The molecule has 2 rings (SSSR count). The summed E-state index contributed by atoms with van der Waals surface area (Å²) in [6.07, 6.45) is 0. The van der Waals surface area contributed by atoms with Gasteiger partial charge >= 0.3 is 0 Å². The molecule has 0 amide bonds. The fourth-order valence-electron chi connectivity index (χ4n) is 1.98. The highest BCUT2D eigenvalue weighted by molar-refractivity contribution is 6.35. The lowest BCUT2D eigenvalue weighted by molar-refractivity contribution is 0.386. The minimum Gasteiger partial charge on any atom is -0.494 e. The summed E-state index contributed by atoms with van der Waals surface area (Å²) in [5, 5.41) is 0.560. The first-order chi connectivity index (χ1) is 10.2. The first-order valence-electron chi connectivity index (χ1n) is 6.50. The number of hydrogen-bond donors (Lipinski definition) is 1. The Labute approximate surface area is 128 Å². The number of benzene rings is 2. The van der Waals surface area contributed by atoms with Crippen molar-refractivity contribution < 1.29 is 9.13 Å². The van der Waals surface area contributed by atoms with E-state index in [4.69, 9.17) is 22.1 Å². The SMILES string of the molecule is COc1ccc(C(=NCCN)c2ccccc2Cl)cc1F. The molecule has 0 saturated heterocycles. The van der Waals surface area contributed by atoms with Crippen molar-refractivity contribution in [3.63, 3.8) is 0 Å². The maximum absolute atomic E-state index is 13.9. The van der Waals surface area contributed by atoms with E-state index in [2.05, 4.69) is 4.99 Å². The van der Waals surface area contributed by atoms with Crippen LogP contribution in [0.15, 0.2) is 47.5 Å². The molecule has 0 heterocycles. The van der Waals surface area contributed by atoms with E-state index < -0.39 is 5.82 Å². The van der Waals surface area contributed by atoms with Gasteiger partial charge in [-0.25, -0.2) is 4.39 Å². The zero-order chi connectivity index (χ0) is 15.2. The summed E-state index contributed by atoms with van der Waals surface area (Å²) < 4.78 is 18.8. The normalized spacial score (nSPS) is 11.5. The van der Waals surface area contributed by atoms with Gasteiger partial charge in [-0.1, -0.05) is 29.8 Å². The molecule has 0 unspecified atom stereocenters. The molecule has 5 heteroatoms. The van der Waals surface area contributed by atoms with E-state index in [1.54, 1.807) is 18.2 Å². The Kier molecular flexibility index (Phi) is 5.31. The Morgan fingerprint density at radius 1 is 1.29 bits per heavy atom. The van der Waals surface area contributed by atoms with Gasteiger partial charge < -0.3 is 10.5 Å². The Morgan fingerprint density at radius 2 is 2.05 bits per heavy atom. The third-order valence-electron chi connectivity index (χ3n) is 2.95. The lowest BCUT2D eigenvalue weighted by Crippen LogP contribution is -2.10. The fourth-order valence-corrected chi connectivity index (χ4v) is 2.20. The summed E-state index contributed by atoms with van der Waals surface area (Å²) in [6.45, 7) is 0.848. The summed E-state index contributed by atoms with van der Waals surface area (Å²) in [5.41, 5.74) is 7.51. The number of aliphatic imine (C=N–C) groups is 1. The van der Waals surface area contributed by atoms with E-state index in [1.165, 1.54) is 13.2 Å². The zero-order valence-corrected chi connectivity index (χ0v) is 12.4. The van der Waals surface area contributed by atoms with Gasteiger partial charge in [0.1, 0.15) is 0 Å². The van der Waals surface area contributed by atoms with Crippen molar-refractivity contribution in [1.82, 2.24) is 0 Å². The first kappa shape index (κ1) is 15.5. The van der Waals surface area contributed by atoms with Gasteiger partial charge in [0.2, 0.25) is 0 Å². The van der Waals surface area contributed by atoms with Crippen molar-refractivity contribution in [1.29, 1.82) is 0 Å². The molecule has 0 atom stereocenters. The van der Waals surface area contributed by atoms with Gasteiger partial charge in [-0.3, -0.25) is 4.99 Å². The smallest absolute Gasteiger partial charge is 0.165 e. The number of hydrogen-bond acceptors (Lipinski definition) is 3. The summed E-state index contributed by atoms with van der Waals surface area (Å²) in [6, 6.07) is 12.0. The molecule has 21 heavy (non-hydrogen) atoms. The molecular weight excluding hydrogens is 291 g/mol. The second kappa shape index (κ2) is 7.20. The van der Waals surface area contributed by atoms with Crippen LogP contribution in [0.1, 0.15) is 11.1 Å². The first-order valence-corrected chi connectivity index (χ1v) is 6.88. The average Bonchev–Trinajstić information content (AvgIpc) is 2.49. The fraction of sp³-hybridized carbons (Fsp3) is 0.188. The number of nitrogens with two attached hydrogens (primary N) is 1. The van der Waals surface area contributed by atoms with Gasteiger partial charge in [0.15, 0.2) is 11.6 Å². The Morgan fingerprint density at radius 3 is 2.67 bits per heavy atom. The second-order valence-corrected chi connectivity index (χ2v) is 4.76.